The largest absolute Gasteiger partial charge is 0.318 e. The van der Waals surface area contributed by atoms with E-state index in [1.807, 2.05) is 82.3 Å². The van der Waals surface area contributed by atoms with E-state index in [4.69, 9.17) is 12.2 Å². The number of amides is 2. The summed E-state index contributed by atoms with van der Waals surface area (Å²) in [5.41, 5.74) is 6.66. The number of hydrogen-bond acceptors (Lipinski definition) is 3. The van der Waals surface area contributed by atoms with Crippen molar-refractivity contribution in [2.75, 3.05) is 4.90 Å². The normalized spacial score (nSPS) is 15.5. The molecule has 0 unspecified atom stereocenters. The summed E-state index contributed by atoms with van der Waals surface area (Å²) < 4.78 is 2.10. The number of carbonyl (C=O) groups is 2. The first-order valence-electron chi connectivity index (χ1n) is 10.0. The third kappa shape index (κ3) is 3.70. The lowest BCUT2D eigenvalue weighted by molar-refractivity contribution is -0.122. The van der Waals surface area contributed by atoms with Gasteiger partial charge in [-0.1, -0.05) is 24.3 Å². The molecule has 4 rings (SSSR count). The van der Waals surface area contributed by atoms with Crippen molar-refractivity contribution in [2.24, 2.45) is 0 Å². The number of thiocarbonyl (C=S) groups is 1. The van der Waals surface area contributed by atoms with Crippen LogP contribution in [-0.2, 0) is 9.59 Å². The predicted octanol–water partition coefficient (Wildman–Crippen LogP) is 4.54. The van der Waals surface area contributed by atoms with Crippen LogP contribution in [0.25, 0.3) is 11.8 Å². The predicted molar refractivity (Wildman–Crippen MR) is 127 cm³/mol. The Bertz CT molecular complexity index is 1260. The van der Waals surface area contributed by atoms with Gasteiger partial charge in [-0.3, -0.25) is 19.8 Å². The Labute approximate surface area is 187 Å². The maximum absolute atomic E-state index is 13.3. The zero-order valence-electron chi connectivity index (χ0n) is 17.9. The van der Waals surface area contributed by atoms with E-state index in [0.29, 0.717) is 5.69 Å². The number of carbonyl (C=O) groups excluding carboxylic acids is 2. The van der Waals surface area contributed by atoms with Crippen LogP contribution >= 0.6 is 12.2 Å². The molecule has 0 spiro atoms. The van der Waals surface area contributed by atoms with Gasteiger partial charge in [0.15, 0.2) is 5.11 Å². The van der Waals surface area contributed by atoms with Crippen molar-refractivity contribution < 1.29 is 9.59 Å². The van der Waals surface area contributed by atoms with Crippen LogP contribution in [0.2, 0.25) is 0 Å². The molecule has 1 aliphatic heterocycles. The number of aromatic nitrogens is 1. The molecule has 6 heteroatoms. The van der Waals surface area contributed by atoms with Crippen molar-refractivity contribution in [3.05, 3.63) is 88.2 Å². The quantitative estimate of drug-likeness (QED) is 0.378. The number of benzene rings is 2. The highest BCUT2D eigenvalue weighted by atomic mass is 32.1. The molecule has 5 nitrogen and oxygen atoms in total. The summed E-state index contributed by atoms with van der Waals surface area (Å²) in [6, 6.07) is 17.6. The summed E-state index contributed by atoms with van der Waals surface area (Å²) in [4.78, 5) is 27.4. The van der Waals surface area contributed by atoms with Crippen LogP contribution in [0, 0.1) is 27.7 Å². The highest BCUT2D eigenvalue weighted by Gasteiger charge is 2.34. The van der Waals surface area contributed by atoms with Crippen LogP contribution in [0.4, 0.5) is 5.69 Å². The van der Waals surface area contributed by atoms with E-state index in [9.17, 15) is 9.59 Å². The molecular weight excluding hydrogens is 406 g/mol. The van der Waals surface area contributed by atoms with Gasteiger partial charge in [-0.25, -0.2) is 0 Å². The van der Waals surface area contributed by atoms with Gasteiger partial charge in [0.2, 0.25) is 0 Å². The van der Waals surface area contributed by atoms with Crippen molar-refractivity contribution in [1.29, 1.82) is 0 Å². The summed E-state index contributed by atoms with van der Waals surface area (Å²) in [6.07, 6.45) is 1.65. The highest BCUT2D eigenvalue weighted by molar-refractivity contribution is 7.80. The molecule has 0 bridgehead atoms. The Morgan fingerprint density at radius 3 is 2.26 bits per heavy atom. The minimum absolute atomic E-state index is 0.0557. The van der Waals surface area contributed by atoms with Gasteiger partial charge in [0.05, 0.1) is 5.69 Å². The number of hydrogen-bond donors (Lipinski definition) is 1. The summed E-state index contributed by atoms with van der Waals surface area (Å²) in [5.74, 6) is -0.916. The average molecular weight is 430 g/mol. The lowest BCUT2D eigenvalue weighted by atomic mass is 10.1. The van der Waals surface area contributed by atoms with E-state index in [-0.39, 0.29) is 10.7 Å². The van der Waals surface area contributed by atoms with E-state index < -0.39 is 11.8 Å². The Morgan fingerprint density at radius 1 is 0.871 bits per heavy atom. The molecule has 31 heavy (non-hydrogen) atoms. The topological polar surface area (TPSA) is 54.3 Å². The van der Waals surface area contributed by atoms with Crippen LogP contribution in [0.15, 0.2) is 60.2 Å². The van der Waals surface area contributed by atoms with Crippen molar-refractivity contribution in [3.8, 4) is 5.69 Å². The maximum Gasteiger partial charge on any atom is 0.270 e. The van der Waals surface area contributed by atoms with E-state index in [1.165, 1.54) is 4.90 Å². The fourth-order valence-electron chi connectivity index (χ4n) is 3.82. The second kappa shape index (κ2) is 7.96. The minimum atomic E-state index is -0.486. The first-order chi connectivity index (χ1) is 14.8. The van der Waals surface area contributed by atoms with Crippen LogP contribution in [-0.4, -0.2) is 21.5 Å². The number of para-hydroxylation sites is 1. The second-order valence-electron chi connectivity index (χ2n) is 7.72. The molecule has 1 fully saturated rings. The molecule has 2 amide bonds. The molecule has 1 aliphatic rings. The smallest absolute Gasteiger partial charge is 0.270 e. The molecule has 1 aromatic heterocycles. The van der Waals surface area contributed by atoms with Gasteiger partial charge in [0.25, 0.3) is 11.8 Å². The second-order valence-corrected chi connectivity index (χ2v) is 8.11. The number of anilines is 1. The molecule has 1 saturated heterocycles. The van der Waals surface area contributed by atoms with Crippen LogP contribution in [0.5, 0.6) is 0 Å². The van der Waals surface area contributed by atoms with Crippen LogP contribution < -0.4 is 10.2 Å². The number of rotatable bonds is 3. The molecule has 0 saturated carbocycles. The fourth-order valence-corrected chi connectivity index (χ4v) is 4.10. The zero-order valence-corrected chi connectivity index (χ0v) is 18.7. The van der Waals surface area contributed by atoms with Crippen molar-refractivity contribution in [2.45, 2.75) is 27.7 Å². The van der Waals surface area contributed by atoms with E-state index in [1.54, 1.807) is 6.08 Å². The van der Waals surface area contributed by atoms with Gasteiger partial charge in [-0.15, -0.1) is 0 Å². The van der Waals surface area contributed by atoms with Gasteiger partial charge in [0, 0.05) is 17.1 Å². The molecular formula is C25H23N3O2S. The van der Waals surface area contributed by atoms with E-state index >= 15 is 0 Å². The Balaban J connectivity index is 1.77. The van der Waals surface area contributed by atoms with Crippen molar-refractivity contribution in [1.82, 2.24) is 9.88 Å². The van der Waals surface area contributed by atoms with Gasteiger partial charge < -0.3 is 4.57 Å². The van der Waals surface area contributed by atoms with Crippen LogP contribution in [0.1, 0.15) is 28.1 Å². The Kier molecular flexibility index (Phi) is 5.33. The van der Waals surface area contributed by atoms with Gasteiger partial charge in [-0.2, -0.15) is 0 Å². The molecule has 0 atom stereocenters. The Hall–Kier alpha value is -3.51. The lowest BCUT2D eigenvalue weighted by Crippen LogP contribution is -2.54. The summed E-state index contributed by atoms with van der Waals surface area (Å²) in [7, 11) is 0. The molecule has 2 heterocycles. The number of nitrogens with zero attached hydrogens (tertiary/aromatic N) is 2. The standard InChI is InChI=1S/C25H23N3O2S/c1-15-10-11-21(12-16(15)2)28-24(30)22(23(29)26-25(28)31)14-19-13-17(3)27(18(19)4)20-8-6-5-7-9-20/h5-14H,1-4H3,(H,26,29,31)/b22-14+. The Morgan fingerprint density at radius 2 is 1.58 bits per heavy atom. The van der Waals surface area contributed by atoms with Gasteiger partial charge in [-0.05, 0) is 93.0 Å². The highest BCUT2D eigenvalue weighted by Crippen LogP contribution is 2.27. The summed E-state index contributed by atoms with van der Waals surface area (Å²) in [6.45, 7) is 7.96. The lowest BCUT2D eigenvalue weighted by Gasteiger charge is -2.29. The molecule has 3 aromatic rings. The first-order valence-corrected chi connectivity index (χ1v) is 10.4. The third-order valence-corrected chi connectivity index (χ3v) is 5.92. The minimum Gasteiger partial charge on any atom is -0.318 e. The summed E-state index contributed by atoms with van der Waals surface area (Å²) >= 11 is 5.31. The monoisotopic (exact) mass is 429 g/mol. The molecule has 1 N–H and O–H groups in total. The van der Waals surface area contributed by atoms with E-state index in [0.717, 1.165) is 33.8 Å². The number of nitrogens with one attached hydrogen (secondary N) is 1. The maximum atomic E-state index is 13.3. The van der Waals surface area contributed by atoms with Gasteiger partial charge >= 0.3 is 0 Å². The fraction of sp³-hybridized carbons (Fsp3) is 0.160. The van der Waals surface area contributed by atoms with Crippen molar-refractivity contribution in [3.63, 3.8) is 0 Å². The SMILES string of the molecule is Cc1ccc(N2C(=O)/C(=C/c3cc(C)n(-c4ccccc4)c3C)C(=O)NC2=S)cc1C. The van der Waals surface area contributed by atoms with Crippen molar-refractivity contribution >= 4 is 40.9 Å². The summed E-state index contributed by atoms with van der Waals surface area (Å²) in [5, 5.41) is 2.75. The van der Waals surface area contributed by atoms with Gasteiger partial charge in [0.1, 0.15) is 5.57 Å². The zero-order chi connectivity index (χ0) is 22.3. The molecule has 0 aliphatic carbocycles. The average Bonchev–Trinajstić information content (AvgIpc) is 3.01. The first kappa shape index (κ1) is 20.8. The molecule has 2 aromatic carbocycles. The number of aryl methyl sites for hydroxylation is 3. The molecule has 0 radical (unpaired) electrons. The third-order valence-electron chi connectivity index (χ3n) is 5.63. The van der Waals surface area contributed by atoms with E-state index in [2.05, 4.69) is 9.88 Å². The van der Waals surface area contributed by atoms with Crippen LogP contribution in [0.3, 0.4) is 0 Å². The molecule has 156 valence electrons.